The lowest BCUT2D eigenvalue weighted by molar-refractivity contribution is -0.141. The van der Waals surface area contributed by atoms with Crippen molar-refractivity contribution in [1.82, 2.24) is 10.2 Å². The van der Waals surface area contributed by atoms with E-state index in [1.807, 2.05) is 37.3 Å². The van der Waals surface area contributed by atoms with Crippen molar-refractivity contribution in [3.05, 3.63) is 60.2 Å². The van der Waals surface area contributed by atoms with Crippen molar-refractivity contribution in [2.24, 2.45) is 0 Å². The molecule has 2 aromatic rings. The molecule has 0 heterocycles. The van der Waals surface area contributed by atoms with E-state index in [1.165, 1.54) is 4.31 Å². The number of methoxy groups -OCH3 is 1. The number of hydrogen-bond acceptors (Lipinski definition) is 5. The van der Waals surface area contributed by atoms with E-state index in [-0.39, 0.29) is 37.4 Å². The Hall–Kier alpha value is -3.07. The molecule has 0 aliphatic heterocycles. The molecule has 2 amide bonds. The van der Waals surface area contributed by atoms with Crippen LogP contribution >= 0.6 is 0 Å². The van der Waals surface area contributed by atoms with E-state index in [4.69, 9.17) is 4.74 Å². The molecule has 3 rings (SSSR count). The third-order valence-corrected chi connectivity index (χ3v) is 7.99. The lowest BCUT2D eigenvalue weighted by Gasteiger charge is -2.32. The van der Waals surface area contributed by atoms with Gasteiger partial charge in [0.1, 0.15) is 11.8 Å². The molecule has 1 N–H and O–H groups in total. The molecule has 9 heteroatoms. The predicted molar refractivity (Wildman–Crippen MR) is 146 cm³/mol. The van der Waals surface area contributed by atoms with Gasteiger partial charge in [-0.05, 0) is 55.5 Å². The summed E-state index contributed by atoms with van der Waals surface area (Å²) in [4.78, 5) is 28.4. The lowest BCUT2D eigenvalue weighted by atomic mass is 10.1. The first-order chi connectivity index (χ1) is 17.7. The number of hydrogen-bond donors (Lipinski definition) is 1. The number of sulfonamides is 1. The first kappa shape index (κ1) is 28.5. The molecule has 1 aliphatic rings. The van der Waals surface area contributed by atoms with Crippen molar-refractivity contribution in [2.45, 2.75) is 70.5 Å². The van der Waals surface area contributed by atoms with Crippen molar-refractivity contribution in [3.8, 4) is 5.75 Å². The van der Waals surface area contributed by atoms with Crippen LogP contribution in [0.4, 0.5) is 5.69 Å². The van der Waals surface area contributed by atoms with Gasteiger partial charge in [-0.3, -0.25) is 13.9 Å². The largest absolute Gasteiger partial charge is 0.497 e. The second-order valence-corrected chi connectivity index (χ2v) is 11.5. The van der Waals surface area contributed by atoms with E-state index in [0.29, 0.717) is 18.5 Å². The van der Waals surface area contributed by atoms with Gasteiger partial charge in [-0.2, -0.15) is 0 Å². The number of ether oxygens (including phenoxy) is 1. The van der Waals surface area contributed by atoms with Gasteiger partial charge in [0.2, 0.25) is 21.8 Å². The van der Waals surface area contributed by atoms with Gasteiger partial charge >= 0.3 is 0 Å². The standard InChI is InChI=1S/C28H39N3O5S/c1-4-26(28(33)29-23-11-8-9-12-23)30(21-22-16-18-25(36-2)19-17-22)27(32)15-10-20-31(37(3,34)35)24-13-6-5-7-14-24/h5-7,13-14,16-19,23,26H,4,8-12,15,20-21H2,1-3H3,(H,29,33)/t26-/m1/s1. The molecule has 202 valence electrons. The van der Waals surface area contributed by atoms with E-state index >= 15 is 0 Å². The molecule has 1 atom stereocenters. The zero-order valence-electron chi connectivity index (χ0n) is 22.1. The summed E-state index contributed by atoms with van der Waals surface area (Å²) in [6.45, 7) is 2.37. The summed E-state index contributed by atoms with van der Waals surface area (Å²) >= 11 is 0. The van der Waals surface area contributed by atoms with E-state index < -0.39 is 16.1 Å². The monoisotopic (exact) mass is 529 g/mol. The lowest BCUT2D eigenvalue weighted by Crippen LogP contribution is -2.51. The number of nitrogens with one attached hydrogen (secondary N) is 1. The summed E-state index contributed by atoms with van der Waals surface area (Å²) in [6.07, 6.45) is 6.26. The van der Waals surface area contributed by atoms with Crippen molar-refractivity contribution in [1.29, 1.82) is 0 Å². The SMILES string of the molecule is CC[C@H](C(=O)NC1CCCC1)N(Cc1ccc(OC)cc1)C(=O)CCCN(c1ccccc1)S(C)(=O)=O. The van der Waals surface area contributed by atoms with E-state index in [9.17, 15) is 18.0 Å². The maximum Gasteiger partial charge on any atom is 0.243 e. The molecule has 0 spiro atoms. The highest BCUT2D eigenvalue weighted by molar-refractivity contribution is 7.92. The number of amides is 2. The molecule has 0 radical (unpaired) electrons. The minimum Gasteiger partial charge on any atom is -0.497 e. The number of nitrogens with zero attached hydrogens (tertiary/aromatic N) is 2. The minimum absolute atomic E-state index is 0.127. The molecule has 1 saturated carbocycles. The van der Waals surface area contributed by atoms with Crippen molar-refractivity contribution >= 4 is 27.5 Å². The number of carbonyl (C=O) groups excluding carboxylic acids is 2. The second kappa shape index (κ2) is 13.5. The number of rotatable bonds is 13. The second-order valence-electron chi connectivity index (χ2n) is 9.56. The summed E-state index contributed by atoms with van der Waals surface area (Å²) in [7, 11) is -1.91. The number of para-hydroxylation sites is 1. The van der Waals surface area contributed by atoms with Crippen LogP contribution in [0.5, 0.6) is 5.75 Å². The van der Waals surface area contributed by atoms with Crippen LogP contribution in [-0.2, 0) is 26.2 Å². The quantitative estimate of drug-likeness (QED) is 0.421. The van der Waals surface area contributed by atoms with Crippen LogP contribution < -0.4 is 14.4 Å². The van der Waals surface area contributed by atoms with Gasteiger partial charge in [-0.25, -0.2) is 8.42 Å². The highest BCUT2D eigenvalue weighted by atomic mass is 32.2. The van der Waals surface area contributed by atoms with Gasteiger partial charge < -0.3 is 15.0 Å². The number of benzene rings is 2. The fourth-order valence-electron chi connectivity index (χ4n) is 4.81. The Labute approximate surface area is 221 Å². The first-order valence-corrected chi connectivity index (χ1v) is 14.8. The van der Waals surface area contributed by atoms with Gasteiger partial charge in [0.25, 0.3) is 0 Å². The fourth-order valence-corrected chi connectivity index (χ4v) is 5.78. The Morgan fingerprint density at radius 3 is 2.27 bits per heavy atom. The average Bonchev–Trinajstić information content (AvgIpc) is 3.39. The maximum absolute atomic E-state index is 13.5. The molecule has 0 unspecified atom stereocenters. The van der Waals surface area contributed by atoms with Gasteiger partial charge in [0, 0.05) is 25.6 Å². The van der Waals surface area contributed by atoms with E-state index in [0.717, 1.165) is 43.3 Å². The Kier molecular flexibility index (Phi) is 10.4. The van der Waals surface area contributed by atoms with E-state index in [1.54, 1.807) is 36.3 Å². The summed E-state index contributed by atoms with van der Waals surface area (Å²) < 4.78 is 31.4. The zero-order valence-corrected chi connectivity index (χ0v) is 22.9. The molecule has 0 bridgehead atoms. The molecular formula is C28H39N3O5S. The van der Waals surface area contributed by atoms with Crippen molar-refractivity contribution < 1.29 is 22.7 Å². The zero-order chi connectivity index (χ0) is 26.8. The summed E-state index contributed by atoms with van der Waals surface area (Å²) in [5.74, 6) is 0.415. The van der Waals surface area contributed by atoms with E-state index in [2.05, 4.69) is 5.32 Å². The Morgan fingerprint density at radius 2 is 1.70 bits per heavy atom. The Bertz CT molecular complexity index is 1120. The van der Waals surface area contributed by atoms with Crippen LogP contribution in [0.25, 0.3) is 0 Å². The molecule has 37 heavy (non-hydrogen) atoms. The van der Waals surface area contributed by atoms with Gasteiger partial charge in [-0.1, -0.05) is 50.1 Å². The molecule has 1 fully saturated rings. The molecule has 0 aromatic heterocycles. The van der Waals surface area contributed by atoms with Gasteiger partial charge in [0.15, 0.2) is 0 Å². The molecule has 0 saturated heterocycles. The molecular weight excluding hydrogens is 490 g/mol. The highest BCUT2D eigenvalue weighted by Crippen LogP contribution is 2.22. The molecule has 1 aliphatic carbocycles. The summed E-state index contributed by atoms with van der Waals surface area (Å²) in [5.41, 5.74) is 1.46. The Morgan fingerprint density at radius 1 is 1.05 bits per heavy atom. The highest BCUT2D eigenvalue weighted by Gasteiger charge is 2.30. The minimum atomic E-state index is -3.51. The van der Waals surface area contributed by atoms with Gasteiger partial charge in [0.05, 0.1) is 19.1 Å². The van der Waals surface area contributed by atoms with Crippen LogP contribution in [0.3, 0.4) is 0 Å². The third kappa shape index (κ3) is 8.21. The predicted octanol–water partition coefficient (Wildman–Crippen LogP) is 4.11. The van der Waals surface area contributed by atoms with Crippen LogP contribution in [0.1, 0.15) is 57.4 Å². The van der Waals surface area contributed by atoms with Crippen molar-refractivity contribution in [2.75, 3.05) is 24.2 Å². The van der Waals surface area contributed by atoms with Crippen LogP contribution in [0, 0.1) is 0 Å². The summed E-state index contributed by atoms with van der Waals surface area (Å²) in [6, 6.07) is 15.9. The average molecular weight is 530 g/mol. The summed E-state index contributed by atoms with van der Waals surface area (Å²) in [5, 5.41) is 3.14. The van der Waals surface area contributed by atoms with Crippen molar-refractivity contribution in [3.63, 3.8) is 0 Å². The van der Waals surface area contributed by atoms with Crippen LogP contribution in [0.15, 0.2) is 54.6 Å². The fraction of sp³-hybridized carbons (Fsp3) is 0.500. The normalized spacial score (nSPS) is 14.7. The molecule has 2 aromatic carbocycles. The first-order valence-electron chi connectivity index (χ1n) is 13.0. The maximum atomic E-state index is 13.5. The topological polar surface area (TPSA) is 96.0 Å². The Balaban J connectivity index is 1.74. The van der Waals surface area contributed by atoms with Gasteiger partial charge in [-0.15, -0.1) is 0 Å². The third-order valence-electron chi connectivity index (χ3n) is 6.80. The number of anilines is 1. The number of carbonyl (C=O) groups is 2. The van der Waals surface area contributed by atoms with Crippen LogP contribution in [0.2, 0.25) is 0 Å². The van der Waals surface area contributed by atoms with Crippen LogP contribution in [-0.4, -0.2) is 57.1 Å². The molecule has 8 nitrogen and oxygen atoms in total. The smallest absolute Gasteiger partial charge is 0.243 e.